The minimum atomic E-state index is -1.19. The van der Waals surface area contributed by atoms with Crippen molar-refractivity contribution < 1.29 is 13.4 Å². The minimum absolute atomic E-state index is 0.0834. The first-order chi connectivity index (χ1) is 14.3. The van der Waals surface area contributed by atoms with Crippen LogP contribution in [0, 0.1) is 19.8 Å². The van der Waals surface area contributed by atoms with E-state index in [4.69, 9.17) is 4.42 Å². The van der Waals surface area contributed by atoms with Gasteiger partial charge in [0.15, 0.2) is 0 Å². The third kappa shape index (κ3) is 5.66. The van der Waals surface area contributed by atoms with E-state index in [1.165, 1.54) is 0 Å². The fourth-order valence-corrected chi connectivity index (χ4v) is 4.05. The van der Waals surface area contributed by atoms with Gasteiger partial charge in [-0.1, -0.05) is 31.5 Å². The van der Waals surface area contributed by atoms with Gasteiger partial charge < -0.3 is 9.73 Å². The molecule has 0 aliphatic heterocycles. The molecule has 1 atom stereocenters. The zero-order chi connectivity index (χ0) is 21.7. The Morgan fingerprint density at radius 1 is 1.07 bits per heavy atom. The van der Waals surface area contributed by atoms with Crippen molar-refractivity contribution in [2.24, 2.45) is 5.92 Å². The van der Waals surface area contributed by atoms with Crippen molar-refractivity contribution in [2.45, 2.75) is 44.8 Å². The Balaban J connectivity index is 1.67. The number of benzene rings is 2. The third-order valence-corrected chi connectivity index (χ3v) is 6.18. The number of amides is 1. The van der Waals surface area contributed by atoms with E-state index in [0.29, 0.717) is 41.1 Å². The lowest BCUT2D eigenvalue weighted by Crippen LogP contribution is -2.25. The number of rotatable bonds is 8. The smallest absolute Gasteiger partial charge is 0.251 e. The molecule has 3 rings (SSSR count). The molecule has 30 heavy (non-hydrogen) atoms. The Hall–Kier alpha value is -2.73. The molecule has 0 bridgehead atoms. The second-order valence-corrected chi connectivity index (χ2v) is 9.29. The molecule has 3 aromatic rings. The van der Waals surface area contributed by atoms with Crippen LogP contribution in [-0.4, -0.2) is 21.6 Å². The van der Waals surface area contributed by atoms with Gasteiger partial charge in [0.2, 0.25) is 5.89 Å². The third-order valence-electron chi connectivity index (χ3n) is 4.85. The number of nitrogens with one attached hydrogen (secondary N) is 1. The molecular formula is C24H28N2O3S. The van der Waals surface area contributed by atoms with Gasteiger partial charge >= 0.3 is 0 Å². The molecule has 0 aliphatic carbocycles. The second kappa shape index (κ2) is 9.85. The van der Waals surface area contributed by atoms with Crippen LogP contribution in [0.25, 0.3) is 11.5 Å². The van der Waals surface area contributed by atoms with Gasteiger partial charge in [0.1, 0.15) is 5.76 Å². The summed E-state index contributed by atoms with van der Waals surface area (Å²) in [5.41, 5.74) is 3.20. The van der Waals surface area contributed by atoms with E-state index in [-0.39, 0.29) is 5.91 Å². The Morgan fingerprint density at radius 2 is 1.73 bits per heavy atom. The van der Waals surface area contributed by atoms with Crippen molar-refractivity contribution in [1.82, 2.24) is 10.3 Å². The molecule has 0 spiro atoms. The number of carbonyl (C=O) groups excluding carboxylic acids is 1. The summed E-state index contributed by atoms with van der Waals surface area (Å²) in [6.45, 7) is 8.75. The molecule has 1 N–H and O–H groups in total. The molecule has 0 saturated heterocycles. The summed E-state index contributed by atoms with van der Waals surface area (Å²) in [5, 5.41) is 2.93. The molecule has 1 heterocycles. The van der Waals surface area contributed by atoms with Crippen molar-refractivity contribution in [3.63, 3.8) is 0 Å². The van der Waals surface area contributed by atoms with Crippen molar-refractivity contribution in [3.05, 3.63) is 71.1 Å². The number of carbonyl (C=O) groups is 1. The highest BCUT2D eigenvalue weighted by Gasteiger charge is 2.15. The summed E-state index contributed by atoms with van der Waals surface area (Å²) < 4.78 is 18.5. The van der Waals surface area contributed by atoms with Gasteiger partial charge in [-0.15, -0.1) is 0 Å². The number of aromatic nitrogens is 1. The number of oxazole rings is 1. The predicted molar refractivity (Wildman–Crippen MR) is 120 cm³/mol. The lowest BCUT2D eigenvalue weighted by molar-refractivity contribution is 0.0952. The first kappa shape index (κ1) is 22.0. The van der Waals surface area contributed by atoms with Crippen molar-refractivity contribution in [3.8, 4) is 11.5 Å². The van der Waals surface area contributed by atoms with Crippen LogP contribution < -0.4 is 5.32 Å². The Bertz CT molecular complexity index is 1020. The molecular weight excluding hydrogens is 396 g/mol. The van der Waals surface area contributed by atoms with Gasteiger partial charge in [0.05, 0.1) is 22.2 Å². The lowest BCUT2D eigenvalue weighted by Gasteiger charge is -2.07. The molecule has 1 amide bonds. The zero-order valence-corrected chi connectivity index (χ0v) is 18.7. The normalized spacial score (nSPS) is 12.2. The summed E-state index contributed by atoms with van der Waals surface area (Å²) >= 11 is 0. The Morgan fingerprint density at radius 3 is 2.37 bits per heavy atom. The predicted octanol–water partition coefficient (Wildman–Crippen LogP) is 5.04. The molecule has 0 fully saturated rings. The van der Waals surface area contributed by atoms with E-state index in [2.05, 4.69) is 24.1 Å². The highest BCUT2D eigenvalue weighted by Crippen LogP contribution is 2.24. The van der Waals surface area contributed by atoms with Crippen LogP contribution in [0.3, 0.4) is 0 Å². The van der Waals surface area contributed by atoms with Crippen LogP contribution in [0.4, 0.5) is 0 Å². The number of hydrogen-bond acceptors (Lipinski definition) is 4. The quantitative estimate of drug-likeness (QED) is 0.550. The number of aryl methyl sites for hydroxylation is 2. The van der Waals surface area contributed by atoms with Crippen LogP contribution in [-0.2, 0) is 16.6 Å². The number of hydrogen-bond donors (Lipinski definition) is 1. The van der Waals surface area contributed by atoms with E-state index >= 15 is 0 Å². The van der Waals surface area contributed by atoms with E-state index in [0.717, 1.165) is 22.4 Å². The first-order valence-corrected chi connectivity index (χ1v) is 11.5. The highest BCUT2D eigenvalue weighted by molar-refractivity contribution is 7.84. The molecule has 0 radical (unpaired) electrons. The van der Waals surface area contributed by atoms with E-state index < -0.39 is 10.8 Å². The Labute approximate surface area is 180 Å². The monoisotopic (exact) mass is 424 g/mol. The molecule has 6 heteroatoms. The maximum Gasteiger partial charge on any atom is 0.251 e. The van der Waals surface area contributed by atoms with Gasteiger partial charge in [0, 0.05) is 22.6 Å². The molecule has 1 unspecified atom stereocenters. The van der Waals surface area contributed by atoms with Crippen LogP contribution in [0.1, 0.15) is 47.6 Å². The summed E-state index contributed by atoms with van der Waals surface area (Å²) in [5.74, 6) is 1.89. The molecule has 0 saturated carbocycles. The van der Waals surface area contributed by atoms with Gasteiger partial charge in [-0.3, -0.25) is 9.00 Å². The molecule has 2 aromatic carbocycles. The van der Waals surface area contributed by atoms with Crippen LogP contribution in [0.2, 0.25) is 0 Å². The molecule has 0 aliphatic rings. The summed E-state index contributed by atoms with van der Waals surface area (Å²) in [4.78, 5) is 17.5. The van der Waals surface area contributed by atoms with Crippen LogP contribution in [0.15, 0.2) is 57.8 Å². The summed E-state index contributed by atoms with van der Waals surface area (Å²) in [7, 11) is -1.19. The lowest BCUT2D eigenvalue weighted by atomic mass is 10.1. The SMILES string of the molecule is Cc1ccc(S(=O)Cc2nc(-c3ccc(C(=O)NCCC(C)C)cc3)oc2C)cc1. The van der Waals surface area contributed by atoms with Crippen molar-refractivity contribution in [2.75, 3.05) is 6.54 Å². The summed E-state index contributed by atoms with van der Waals surface area (Å²) in [6.07, 6.45) is 0.951. The molecule has 1 aromatic heterocycles. The molecule has 158 valence electrons. The maximum atomic E-state index is 12.7. The summed E-state index contributed by atoms with van der Waals surface area (Å²) in [6, 6.07) is 14.9. The average Bonchev–Trinajstić information content (AvgIpc) is 3.08. The van der Waals surface area contributed by atoms with Crippen LogP contribution in [0.5, 0.6) is 0 Å². The zero-order valence-electron chi connectivity index (χ0n) is 17.9. The van der Waals surface area contributed by atoms with Gasteiger partial charge in [0.25, 0.3) is 5.91 Å². The minimum Gasteiger partial charge on any atom is -0.441 e. The first-order valence-electron chi connectivity index (χ1n) is 10.1. The van der Waals surface area contributed by atoms with Gasteiger partial charge in [-0.05, 0) is 62.6 Å². The van der Waals surface area contributed by atoms with Gasteiger partial charge in [-0.2, -0.15) is 0 Å². The maximum absolute atomic E-state index is 12.7. The van der Waals surface area contributed by atoms with Crippen LogP contribution >= 0.6 is 0 Å². The second-order valence-electron chi connectivity index (χ2n) is 7.84. The standard InChI is InChI=1S/C24H28N2O3S/c1-16(2)13-14-25-23(27)19-7-9-20(10-8-19)24-26-22(18(4)29-24)15-30(28)21-11-5-17(3)6-12-21/h5-12,16H,13-15H2,1-4H3,(H,25,27). The largest absolute Gasteiger partial charge is 0.441 e. The van der Waals surface area contributed by atoms with Crippen molar-refractivity contribution >= 4 is 16.7 Å². The fourth-order valence-electron chi connectivity index (χ4n) is 2.92. The average molecular weight is 425 g/mol. The number of nitrogens with zero attached hydrogens (tertiary/aromatic N) is 1. The topological polar surface area (TPSA) is 72.2 Å². The van der Waals surface area contributed by atoms with E-state index in [9.17, 15) is 9.00 Å². The van der Waals surface area contributed by atoms with Gasteiger partial charge in [-0.25, -0.2) is 4.98 Å². The van der Waals surface area contributed by atoms with Crippen molar-refractivity contribution in [1.29, 1.82) is 0 Å². The van der Waals surface area contributed by atoms with E-state index in [1.807, 2.05) is 50.2 Å². The highest BCUT2D eigenvalue weighted by atomic mass is 32.2. The van der Waals surface area contributed by atoms with E-state index in [1.54, 1.807) is 12.1 Å². The Kier molecular flexibility index (Phi) is 7.21. The molecule has 5 nitrogen and oxygen atoms in total. The fraction of sp³-hybridized carbons (Fsp3) is 0.333.